The van der Waals surface area contributed by atoms with Gasteiger partial charge in [-0.15, -0.1) is 0 Å². The smallest absolute Gasteiger partial charge is 0.273 e. The van der Waals surface area contributed by atoms with Gasteiger partial charge in [-0.1, -0.05) is 22.9 Å². The summed E-state index contributed by atoms with van der Waals surface area (Å²) in [5, 5.41) is 14.5. The zero-order valence-corrected chi connectivity index (χ0v) is 12.0. The van der Waals surface area contributed by atoms with E-state index in [-0.39, 0.29) is 16.1 Å². The highest BCUT2D eigenvalue weighted by atomic mass is 79.9. The molecule has 0 radical (unpaired) electrons. The number of nitro benzene ring substituents is 1. The van der Waals surface area contributed by atoms with Gasteiger partial charge in [0.15, 0.2) is 0 Å². The van der Waals surface area contributed by atoms with Crippen molar-refractivity contribution in [2.45, 2.75) is 44.7 Å². The van der Waals surface area contributed by atoms with Crippen LogP contribution in [0.1, 0.15) is 38.2 Å². The molecule has 1 aliphatic rings. The van der Waals surface area contributed by atoms with Crippen LogP contribution in [-0.2, 0) is 6.54 Å². The Bertz CT molecular complexity index is 453. The van der Waals surface area contributed by atoms with Crippen LogP contribution < -0.4 is 5.32 Å². The van der Waals surface area contributed by atoms with Crippen molar-refractivity contribution in [1.29, 1.82) is 0 Å². The maximum absolute atomic E-state index is 11.0. The normalized spacial score (nSPS) is 17.2. The zero-order chi connectivity index (χ0) is 13.2. The SMILES string of the molecule is CCC1(NCc2cc(Br)ccc2[N+](=O)[O-])CCC1. The molecule has 0 spiro atoms. The first-order chi connectivity index (χ1) is 8.56. The maximum Gasteiger partial charge on any atom is 0.273 e. The summed E-state index contributed by atoms with van der Waals surface area (Å²) in [7, 11) is 0. The third kappa shape index (κ3) is 2.72. The van der Waals surface area contributed by atoms with Gasteiger partial charge in [-0.05, 0) is 37.8 Å². The van der Waals surface area contributed by atoms with Gasteiger partial charge in [-0.25, -0.2) is 0 Å². The molecule has 0 amide bonds. The average molecular weight is 313 g/mol. The van der Waals surface area contributed by atoms with Crippen LogP contribution in [0.2, 0.25) is 0 Å². The van der Waals surface area contributed by atoms with Crippen molar-refractivity contribution in [1.82, 2.24) is 5.32 Å². The van der Waals surface area contributed by atoms with Crippen LogP contribution in [0.3, 0.4) is 0 Å². The highest BCUT2D eigenvalue weighted by molar-refractivity contribution is 9.10. The number of nitro groups is 1. The topological polar surface area (TPSA) is 55.2 Å². The lowest BCUT2D eigenvalue weighted by molar-refractivity contribution is -0.385. The molecule has 5 heteroatoms. The molecular weight excluding hydrogens is 296 g/mol. The summed E-state index contributed by atoms with van der Waals surface area (Å²) in [6.07, 6.45) is 4.67. The minimum absolute atomic E-state index is 0.191. The number of benzene rings is 1. The van der Waals surface area contributed by atoms with Crippen molar-refractivity contribution < 1.29 is 4.92 Å². The monoisotopic (exact) mass is 312 g/mol. The van der Waals surface area contributed by atoms with E-state index in [1.807, 2.05) is 6.07 Å². The van der Waals surface area contributed by atoms with E-state index in [4.69, 9.17) is 0 Å². The largest absolute Gasteiger partial charge is 0.307 e. The van der Waals surface area contributed by atoms with Crippen LogP contribution in [-0.4, -0.2) is 10.5 Å². The second-order valence-corrected chi connectivity index (χ2v) is 5.79. The molecule has 1 N–H and O–H groups in total. The van der Waals surface area contributed by atoms with Crippen molar-refractivity contribution in [3.8, 4) is 0 Å². The van der Waals surface area contributed by atoms with Crippen molar-refractivity contribution >= 4 is 21.6 Å². The molecular formula is C13H17BrN2O2. The number of hydrogen-bond donors (Lipinski definition) is 1. The van der Waals surface area contributed by atoms with E-state index in [1.165, 1.54) is 19.3 Å². The molecule has 1 fully saturated rings. The molecule has 0 aliphatic heterocycles. The predicted molar refractivity (Wildman–Crippen MR) is 74.5 cm³/mol. The summed E-state index contributed by atoms with van der Waals surface area (Å²) >= 11 is 3.36. The molecule has 0 saturated heterocycles. The quantitative estimate of drug-likeness (QED) is 0.665. The molecule has 1 aromatic carbocycles. The van der Waals surface area contributed by atoms with Gasteiger partial charge in [-0.2, -0.15) is 0 Å². The van der Waals surface area contributed by atoms with Crippen LogP contribution in [0, 0.1) is 10.1 Å². The van der Waals surface area contributed by atoms with Gasteiger partial charge in [0, 0.05) is 28.2 Å². The Hall–Kier alpha value is -0.940. The van der Waals surface area contributed by atoms with Crippen LogP contribution in [0.4, 0.5) is 5.69 Å². The Morgan fingerprint density at radius 2 is 2.22 bits per heavy atom. The highest BCUT2D eigenvalue weighted by Crippen LogP contribution is 2.35. The molecule has 0 aromatic heterocycles. The molecule has 98 valence electrons. The Labute approximate surface area is 115 Å². The van der Waals surface area contributed by atoms with Crippen molar-refractivity contribution in [2.75, 3.05) is 0 Å². The van der Waals surface area contributed by atoms with Gasteiger partial charge in [-0.3, -0.25) is 10.1 Å². The van der Waals surface area contributed by atoms with Gasteiger partial charge in [0.2, 0.25) is 0 Å². The standard InChI is InChI=1S/C13H17BrN2O2/c1-2-13(6-3-7-13)15-9-10-8-11(14)4-5-12(10)16(17)18/h4-5,8,15H,2-3,6-7,9H2,1H3. The Morgan fingerprint density at radius 1 is 1.50 bits per heavy atom. The molecule has 1 aliphatic carbocycles. The van der Waals surface area contributed by atoms with Gasteiger partial charge < -0.3 is 5.32 Å². The average Bonchev–Trinajstić information content (AvgIpc) is 2.28. The fourth-order valence-electron chi connectivity index (χ4n) is 2.42. The van der Waals surface area contributed by atoms with Gasteiger partial charge in [0.1, 0.15) is 0 Å². The van der Waals surface area contributed by atoms with E-state index in [0.717, 1.165) is 16.5 Å². The van der Waals surface area contributed by atoms with Crippen LogP contribution in [0.25, 0.3) is 0 Å². The number of rotatable bonds is 5. The maximum atomic E-state index is 11.0. The zero-order valence-electron chi connectivity index (χ0n) is 10.4. The summed E-state index contributed by atoms with van der Waals surface area (Å²) in [6.45, 7) is 2.73. The number of nitrogens with one attached hydrogen (secondary N) is 1. The molecule has 1 saturated carbocycles. The van der Waals surface area contributed by atoms with E-state index >= 15 is 0 Å². The number of hydrogen-bond acceptors (Lipinski definition) is 3. The van der Waals surface area contributed by atoms with Crippen molar-refractivity contribution in [3.63, 3.8) is 0 Å². The molecule has 18 heavy (non-hydrogen) atoms. The lowest BCUT2D eigenvalue weighted by atomic mass is 9.75. The van der Waals surface area contributed by atoms with E-state index < -0.39 is 0 Å². The van der Waals surface area contributed by atoms with Gasteiger partial charge >= 0.3 is 0 Å². The molecule has 4 nitrogen and oxygen atoms in total. The number of nitrogens with zero attached hydrogens (tertiary/aromatic N) is 1. The van der Waals surface area contributed by atoms with E-state index in [2.05, 4.69) is 28.2 Å². The first kappa shape index (κ1) is 13.5. The molecule has 0 atom stereocenters. The third-order valence-electron chi connectivity index (χ3n) is 3.88. The number of halogens is 1. The predicted octanol–water partition coefficient (Wildman–Crippen LogP) is 3.78. The van der Waals surface area contributed by atoms with Crippen LogP contribution in [0.15, 0.2) is 22.7 Å². The summed E-state index contributed by atoms with van der Waals surface area (Å²) < 4.78 is 0.879. The minimum Gasteiger partial charge on any atom is -0.307 e. The third-order valence-corrected chi connectivity index (χ3v) is 4.37. The Balaban J connectivity index is 2.12. The molecule has 2 rings (SSSR count). The summed E-state index contributed by atoms with van der Waals surface area (Å²) in [5.74, 6) is 0. The van der Waals surface area contributed by atoms with Crippen LogP contribution in [0.5, 0.6) is 0 Å². The fourth-order valence-corrected chi connectivity index (χ4v) is 2.82. The Kier molecular flexibility index (Phi) is 4.02. The first-order valence-electron chi connectivity index (χ1n) is 6.24. The first-order valence-corrected chi connectivity index (χ1v) is 7.03. The van der Waals surface area contributed by atoms with Gasteiger partial charge in [0.05, 0.1) is 4.92 Å². The van der Waals surface area contributed by atoms with E-state index in [1.54, 1.807) is 12.1 Å². The molecule has 1 aromatic rings. The van der Waals surface area contributed by atoms with Gasteiger partial charge in [0.25, 0.3) is 5.69 Å². The summed E-state index contributed by atoms with van der Waals surface area (Å²) in [6, 6.07) is 5.09. The molecule has 0 bridgehead atoms. The van der Waals surface area contributed by atoms with E-state index in [0.29, 0.717) is 6.54 Å². The van der Waals surface area contributed by atoms with Crippen LogP contribution >= 0.6 is 15.9 Å². The lowest BCUT2D eigenvalue weighted by Gasteiger charge is -2.42. The summed E-state index contributed by atoms with van der Waals surface area (Å²) in [4.78, 5) is 10.7. The Morgan fingerprint density at radius 3 is 2.72 bits per heavy atom. The fraction of sp³-hybridized carbons (Fsp3) is 0.538. The summed E-state index contributed by atoms with van der Waals surface area (Å²) in [5.41, 5.74) is 1.14. The second-order valence-electron chi connectivity index (χ2n) is 4.87. The second kappa shape index (κ2) is 5.36. The van der Waals surface area contributed by atoms with Crippen molar-refractivity contribution in [2.24, 2.45) is 0 Å². The van der Waals surface area contributed by atoms with Crippen molar-refractivity contribution in [3.05, 3.63) is 38.3 Å². The molecule has 0 unspecified atom stereocenters. The van der Waals surface area contributed by atoms with E-state index in [9.17, 15) is 10.1 Å². The minimum atomic E-state index is -0.317. The lowest BCUT2D eigenvalue weighted by Crippen LogP contribution is -2.49. The highest BCUT2D eigenvalue weighted by Gasteiger charge is 2.34. The molecule has 0 heterocycles.